The Morgan fingerprint density at radius 2 is 2.12 bits per heavy atom. The van der Waals surface area contributed by atoms with Gasteiger partial charge in [-0.05, 0) is 0 Å². The Kier molecular flexibility index (Phi) is 2.95. The second-order valence-corrected chi connectivity index (χ2v) is 3.49. The molecule has 16 heavy (non-hydrogen) atoms. The van der Waals surface area contributed by atoms with Crippen LogP contribution in [0.25, 0.3) is 0 Å². The third-order valence-corrected chi connectivity index (χ3v) is 2.41. The first-order valence-electron chi connectivity index (χ1n) is 4.93. The highest BCUT2D eigenvalue weighted by Gasteiger charge is 2.23. The number of nitrogens with one attached hydrogen (secondary N) is 1. The van der Waals surface area contributed by atoms with Gasteiger partial charge >= 0.3 is 0 Å². The quantitative estimate of drug-likeness (QED) is 0.628. The van der Waals surface area contributed by atoms with Crippen molar-refractivity contribution in [3.63, 3.8) is 0 Å². The first-order valence-corrected chi connectivity index (χ1v) is 4.93. The molecule has 0 saturated heterocycles. The van der Waals surface area contributed by atoms with Crippen LogP contribution in [0.3, 0.4) is 0 Å². The lowest BCUT2D eigenvalue weighted by molar-refractivity contribution is -0.528. The van der Waals surface area contributed by atoms with Gasteiger partial charge in [-0.1, -0.05) is 30.3 Å². The summed E-state index contributed by atoms with van der Waals surface area (Å²) in [4.78, 5) is 17.5. The maximum absolute atomic E-state index is 11.0. The SMILES string of the molecule is O=[N+]([O-])C(Cc1cnc[nH]1)c1ccccc1. The Morgan fingerprint density at radius 3 is 2.69 bits per heavy atom. The Balaban J connectivity index is 2.22. The second kappa shape index (κ2) is 4.57. The number of hydrogen-bond donors (Lipinski definition) is 1. The molecule has 0 aliphatic carbocycles. The van der Waals surface area contributed by atoms with Crippen LogP contribution in [-0.2, 0) is 6.42 Å². The fourth-order valence-corrected chi connectivity index (χ4v) is 1.59. The van der Waals surface area contributed by atoms with E-state index in [9.17, 15) is 10.1 Å². The number of benzene rings is 1. The molecule has 0 spiro atoms. The Hall–Kier alpha value is -2.17. The first kappa shape index (κ1) is 10.4. The fraction of sp³-hybridized carbons (Fsp3) is 0.182. The number of rotatable bonds is 4. The summed E-state index contributed by atoms with van der Waals surface area (Å²) in [7, 11) is 0. The lowest BCUT2D eigenvalue weighted by Crippen LogP contribution is -2.13. The van der Waals surface area contributed by atoms with Crippen molar-refractivity contribution in [3.8, 4) is 0 Å². The molecule has 1 unspecified atom stereocenters. The van der Waals surface area contributed by atoms with E-state index in [0.29, 0.717) is 12.0 Å². The number of H-pyrrole nitrogens is 1. The summed E-state index contributed by atoms with van der Waals surface area (Å²) < 4.78 is 0. The van der Waals surface area contributed by atoms with Crippen molar-refractivity contribution >= 4 is 0 Å². The van der Waals surface area contributed by atoms with Gasteiger partial charge in [0.25, 0.3) is 0 Å². The van der Waals surface area contributed by atoms with Gasteiger partial charge in [-0.3, -0.25) is 10.1 Å². The van der Waals surface area contributed by atoms with Crippen molar-refractivity contribution in [3.05, 3.63) is 64.2 Å². The topological polar surface area (TPSA) is 71.8 Å². The highest BCUT2D eigenvalue weighted by Crippen LogP contribution is 2.20. The van der Waals surface area contributed by atoms with Gasteiger partial charge < -0.3 is 4.98 Å². The largest absolute Gasteiger partial charge is 0.348 e. The molecule has 1 heterocycles. The van der Waals surface area contributed by atoms with Crippen LogP contribution < -0.4 is 0 Å². The zero-order chi connectivity index (χ0) is 11.4. The highest BCUT2D eigenvalue weighted by atomic mass is 16.6. The van der Waals surface area contributed by atoms with E-state index in [1.165, 1.54) is 6.33 Å². The van der Waals surface area contributed by atoms with Crippen molar-refractivity contribution in [1.82, 2.24) is 9.97 Å². The van der Waals surface area contributed by atoms with Crippen molar-refractivity contribution in [2.75, 3.05) is 0 Å². The molecule has 2 rings (SSSR count). The Labute approximate surface area is 92.3 Å². The molecule has 5 nitrogen and oxygen atoms in total. The third-order valence-electron chi connectivity index (χ3n) is 2.41. The predicted octanol–water partition coefficient (Wildman–Crippen LogP) is 1.97. The summed E-state index contributed by atoms with van der Waals surface area (Å²) in [5.74, 6) is 0. The molecular weight excluding hydrogens is 206 g/mol. The molecule has 1 aromatic carbocycles. The minimum absolute atomic E-state index is 0.268. The molecule has 0 radical (unpaired) electrons. The molecule has 2 aromatic rings. The molecule has 1 N–H and O–H groups in total. The molecule has 0 fully saturated rings. The lowest BCUT2D eigenvalue weighted by atomic mass is 10.0. The summed E-state index contributed by atoms with van der Waals surface area (Å²) in [5.41, 5.74) is 1.48. The molecule has 5 heteroatoms. The molecule has 0 amide bonds. The monoisotopic (exact) mass is 217 g/mol. The van der Waals surface area contributed by atoms with Crippen molar-refractivity contribution in [2.45, 2.75) is 12.5 Å². The van der Waals surface area contributed by atoms with E-state index in [4.69, 9.17) is 0 Å². The zero-order valence-corrected chi connectivity index (χ0v) is 8.54. The molecule has 0 bridgehead atoms. The summed E-state index contributed by atoms with van der Waals surface area (Å²) >= 11 is 0. The molecular formula is C11H11N3O2. The maximum Gasteiger partial charge on any atom is 0.243 e. The summed E-state index contributed by atoms with van der Waals surface area (Å²) in [6.07, 6.45) is 3.47. The van der Waals surface area contributed by atoms with E-state index in [0.717, 1.165) is 5.69 Å². The van der Waals surface area contributed by atoms with Gasteiger partial charge in [0, 0.05) is 22.4 Å². The Morgan fingerprint density at radius 1 is 1.38 bits per heavy atom. The van der Waals surface area contributed by atoms with E-state index in [1.807, 2.05) is 6.07 Å². The number of aromatic nitrogens is 2. The van der Waals surface area contributed by atoms with Gasteiger partial charge in [-0.15, -0.1) is 0 Å². The van der Waals surface area contributed by atoms with Crippen LogP contribution in [0.1, 0.15) is 17.3 Å². The van der Waals surface area contributed by atoms with Crippen molar-refractivity contribution in [1.29, 1.82) is 0 Å². The van der Waals surface area contributed by atoms with Gasteiger partial charge in [0.1, 0.15) is 0 Å². The predicted molar refractivity (Wildman–Crippen MR) is 58.5 cm³/mol. The van der Waals surface area contributed by atoms with Crippen LogP contribution >= 0.6 is 0 Å². The number of hydrogen-bond acceptors (Lipinski definition) is 3. The molecule has 0 saturated carbocycles. The van der Waals surface area contributed by atoms with Gasteiger partial charge in [0.05, 0.1) is 12.7 Å². The molecule has 0 aliphatic rings. The smallest absolute Gasteiger partial charge is 0.243 e. The van der Waals surface area contributed by atoms with Gasteiger partial charge in [0.2, 0.25) is 6.04 Å². The van der Waals surface area contributed by atoms with Gasteiger partial charge in [-0.25, -0.2) is 4.98 Å². The van der Waals surface area contributed by atoms with Crippen molar-refractivity contribution in [2.24, 2.45) is 0 Å². The minimum Gasteiger partial charge on any atom is -0.348 e. The molecule has 82 valence electrons. The third kappa shape index (κ3) is 2.25. The average molecular weight is 217 g/mol. The maximum atomic E-state index is 11.0. The number of aromatic amines is 1. The van der Waals surface area contributed by atoms with Crippen LogP contribution in [-0.4, -0.2) is 14.9 Å². The summed E-state index contributed by atoms with van der Waals surface area (Å²) in [6.45, 7) is 0. The second-order valence-electron chi connectivity index (χ2n) is 3.49. The van der Waals surface area contributed by atoms with E-state index in [-0.39, 0.29) is 4.92 Å². The van der Waals surface area contributed by atoms with Gasteiger partial charge in [-0.2, -0.15) is 0 Å². The Bertz CT molecular complexity index is 453. The minimum atomic E-state index is -0.721. The van der Waals surface area contributed by atoms with Crippen molar-refractivity contribution < 1.29 is 4.92 Å². The molecule has 0 aliphatic heterocycles. The van der Waals surface area contributed by atoms with E-state index in [1.54, 1.807) is 30.5 Å². The van der Waals surface area contributed by atoms with Gasteiger partial charge in [0.15, 0.2) is 0 Å². The van der Waals surface area contributed by atoms with E-state index in [2.05, 4.69) is 9.97 Å². The van der Waals surface area contributed by atoms with E-state index >= 15 is 0 Å². The average Bonchev–Trinajstić information content (AvgIpc) is 2.79. The normalized spacial score (nSPS) is 12.2. The standard InChI is InChI=1S/C11H11N3O2/c15-14(16)11(6-10-7-12-8-13-10)9-4-2-1-3-5-9/h1-5,7-8,11H,6H2,(H,12,13). The highest BCUT2D eigenvalue weighted by molar-refractivity contribution is 5.18. The zero-order valence-electron chi connectivity index (χ0n) is 8.54. The fourth-order valence-electron chi connectivity index (χ4n) is 1.59. The molecule has 1 atom stereocenters. The van der Waals surface area contributed by atoms with Crippen LogP contribution in [0.4, 0.5) is 0 Å². The van der Waals surface area contributed by atoms with E-state index < -0.39 is 6.04 Å². The van der Waals surface area contributed by atoms with Crippen LogP contribution in [0.15, 0.2) is 42.9 Å². The summed E-state index contributed by atoms with van der Waals surface area (Å²) in [5, 5.41) is 11.0. The van der Waals surface area contributed by atoms with Crippen LogP contribution in [0.2, 0.25) is 0 Å². The first-order chi connectivity index (χ1) is 7.77. The lowest BCUT2D eigenvalue weighted by Gasteiger charge is -2.08. The summed E-state index contributed by atoms with van der Waals surface area (Å²) in [6, 6.07) is 8.27. The number of nitrogens with zero attached hydrogens (tertiary/aromatic N) is 2. The number of imidazole rings is 1. The van der Waals surface area contributed by atoms with Crippen LogP contribution in [0, 0.1) is 10.1 Å². The molecule has 1 aromatic heterocycles. The number of nitro groups is 1. The van der Waals surface area contributed by atoms with Crippen LogP contribution in [0.5, 0.6) is 0 Å².